The maximum atomic E-state index is 12.6. The average molecular weight is 454 g/mol. The first-order chi connectivity index (χ1) is 15.9. The molecule has 2 N–H and O–H groups in total. The second-order valence-electron chi connectivity index (χ2n) is 9.03. The Morgan fingerprint density at radius 1 is 1.15 bits per heavy atom. The molecule has 2 heterocycles. The lowest BCUT2D eigenvalue weighted by atomic mass is 10.0. The van der Waals surface area contributed by atoms with E-state index in [1.165, 1.54) is 11.6 Å². The second kappa shape index (κ2) is 9.70. The Balaban J connectivity index is 1.43. The van der Waals surface area contributed by atoms with Crippen molar-refractivity contribution in [3.63, 3.8) is 0 Å². The van der Waals surface area contributed by atoms with Crippen LogP contribution in [0.3, 0.4) is 0 Å². The van der Waals surface area contributed by atoms with Gasteiger partial charge in [-0.2, -0.15) is 0 Å². The number of benzene rings is 2. The van der Waals surface area contributed by atoms with Crippen LogP contribution in [0.4, 0.5) is 0 Å². The molecule has 2 aromatic carbocycles. The number of fused-ring (bicyclic) bond motifs is 1. The minimum Gasteiger partial charge on any atom is -0.493 e. The van der Waals surface area contributed by atoms with Crippen molar-refractivity contribution in [1.82, 2.24) is 14.5 Å². The predicted octanol–water partition coefficient (Wildman–Crippen LogP) is 3.91. The summed E-state index contributed by atoms with van der Waals surface area (Å²) >= 11 is 0. The molecule has 0 radical (unpaired) electrons. The summed E-state index contributed by atoms with van der Waals surface area (Å²) in [6.45, 7) is 7.41. The van der Waals surface area contributed by atoms with Crippen molar-refractivity contribution < 1.29 is 19.4 Å². The van der Waals surface area contributed by atoms with Crippen molar-refractivity contribution in [3.8, 4) is 11.5 Å². The fourth-order valence-corrected chi connectivity index (χ4v) is 4.41. The monoisotopic (exact) mass is 453 g/mol. The molecular formula is C25H31N3O5. The van der Waals surface area contributed by atoms with E-state index >= 15 is 0 Å². The van der Waals surface area contributed by atoms with Crippen molar-refractivity contribution in [2.24, 2.45) is 5.92 Å². The molecule has 176 valence electrons. The van der Waals surface area contributed by atoms with Crippen molar-refractivity contribution in [2.75, 3.05) is 26.8 Å². The zero-order chi connectivity index (χ0) is 23.5. The lowest BCUT2D eigenvalue weighted by molar-refractivity contribution is 0.0697. The fourth-order valence-electron chi connectivity index (χ4n) is 4.41. The van der Waals surface area contributed by atoms with E-state index in [2.05, 4.69) is 35.9 Å². The highest BCUT2D eigenvalue weighted by Crippen LogP contribution is 2.30. The van der Waals surface area contributed by atoms with Gasteiger partial charge in [0.15, 0.2) is 11.5 Å². The van der Waals surface area contributed by atoms with Gasteiger partial charge in [-0.3, -0.25) is 9.47 Å². The summed E-state index contributed by atoms with van der Waals surface area (Å²) < 4.78 is 13.2. The summed E-state index contributed by atoms with van der Waals surface area (Å²) in [5.41, 5.74) is 2.47. The van der Waals surface area contributed by atoms with Gasteiger partial charge in [-0.15, -0.1) is 0 Å². The van der Waals surface area contributed by atoms with Gasteiger partial charge in [-0.25, -0.2) is 9.59 Å². The van der Waals surface area contributed by atoms with Gasteiger partial charge >= 0.3 is 11.7 Å². The molecule has 0 bridgehead atoms. The molecule has 1 fully saturated rings. The van der Waals surface area contributed by atoms with Gasteiger partial charge in [-0.05, 0) is 54.7 Å². The molecule has 8 heteroatoms. The molecule has 4 rings (SSSR count). The highest BCUT2D eigenvalue weighted by Gasteiger charge is 2.24. The summed E-state index contributed by atoms with van der Waals surface area (Å²) in [4.78, 5) is 29.0. The number of nitrogens with zero attached hydrogens (tertiary/aromatic N) is 2. The van der Waals surface area contributed by atoms with E-state index in [1.54, 1.807) is 23.8 Å². The number of hydrogen-bond donors (Lipinski definition) is 2. The van der Waals surface area contributed by atoms with Gasteiger partial charge in [0.05, 0.1) is 30.3 Å². The summed E-state index contributed by atoms with van der Waals surface area (Å²) in [7, 11) is 1.65. The second-order valence-corrected chi connectivity index (χ2v) is 9.03. The third-order valence-electron chi connectivity index (χ3n) is 6.09. The molecule has 0 aliphatic carbocycles. The smallest absolute Gasteiger partial charge is 0.335 e. The largest absolute Gasteiger partial charge is 0.493 e. The molecule has 0 atom stereocenters. The topological polar surface area (TPSA) is 96.8 Å². The van der Waals surface area contributed by atoms with Crippen LogP contribution < -0.4 is 15.2 Å². The average Bonchev–Trinajstić information content (AvgIpc) is 3.13. The first-order valence-corrected chi connectivity index (χ1v) is 11.4. The number of H-pyrrole nitrogens is 1. The molecule has 1 saturated heterocycles. The molecule has 8 nitrogen and oxygen atoms in total. The molecule has 3 aromatic rings. The van der Waals surface area contributed by atoms with Crippen LogP contribution in [-0.2, 0) is 6.54 Å². The molecule has 0 saturated carbocycles. The number of piperidine rings is 1. The maximum absolute atomic E-state index is 12.6. The number of carboxylic acids is 1. The van der Waals surface area contributed by atoms with E-state index < -0.39 is 5.97 Å². The van der Waals surface area contributed by atoms with E-state index in [-0.39, 0.29) is 17.3 Å². The van der Waals surface area contributed by atoms with E-state index in [9.17, 15) is 14.7 Å². The molecule has 0 amide bonds. The van der Waals surface area contributed by atoms with Crippen LogP contribution in [0.15, 0.2) is 41.2 Å². The number of rotatable bonds is 8. The van der Waals surface area contributed by atoms with Gasteiger partial charge in [-0.1, -0.05) is 19.9 Å². The Kier molecular flexibility index (Phi) is 6.74. The predicted molar refractivity (Wildman–Crippen MR) is 126 cm³/mol. The summed E-state index contributed by atoms with van der Waals surface area (Å²) in [6, 6.07) is 10.9. The highest BCUT2D eigenvalue weighted by atomic mass is 16.5. The number of imidazole rings is 1. The number of carboxylic acid groups (broad SMARTS) is 1. The molecule has 33 heavy (non-hydrogen) atoms. The van der Waals surface area contributed by atoms with Gasteiger partial charge in [0.2, 0.25) is 0 Å². The van der Waals surface area contributed by atoms with Gasteiger partial charge in [0.1, 0.15) is 0 Å². The number of likely N-dealkylation sites (tertiary alicyclic amines) is 1. The lowest BCUT2D eigenvalue weighted by Gasteiger charge is -2.32. The van der Waals surface area contributed by atoms with Crippen LogP contribution >= 0.6 is 0 Å². The molecule has 1 aliphatic rings. The van der Waals surface area contributed by atoms with Crippen molar-refractivity contribution in [1.29, 1.82) is 0 Å². The SMILES string of the molecule is COc1ccc(CN2CCC(n3c(=O)[nH]c4cc(C(=O)O)ccc43)CC2)cc1OCC(C)C. The van der Waals surface area contributed by atoms with Crippen LogP contribution in [0.2, 0.25) is 0 Å². The third kappa shape index (κ3) is 5.06. The van der Waals surface area contributed by atoms with Crippen molar-refractivity contribution in [2.45, 2.75) is 39.3 Å². The normalized spacial score (nSPS) is 15.3. The van der Waals surface area contributed by atoms with E-state index in [0.29, 0.717) is 18.0 Å². The number of carbonyl (C=O) groups is 1. The first kappa shape index (κ1) is 22.9. The Morgan fingerprint density at radius 2 is 1.91 bits per heavy atom. The molecular weight excluding hydrogens is 422 g/mol. The number of ether oxygens (including phenoxy) is 2. The summed E-state index contributed by atoms with van der Waals surface area (Å²) in [5.74, 6) is 0.934. The minimum absolute atomic E-state index is 0.0824. The summed E-state index contributed by atoms with van der Waals surface area (Å²) in [6.07, 6.45) is 1.70. The fraction of sp³-hybridized carbons (Fsp3) is 0.440. The van der Waals surface area contributed by atoms with E-state index in [4.69, 9.17) is 9.47 Å². The lowest BCUT2D eigenvalue weighted by Crippen LogP contribution is -2.36. The standard InChI is InChI=1S/C25H31N3O5/c1-16(2)15-33-23-12-17(4-7-22(23)32-3)14-27-10-8-19(9-11-27)28-21-6-5-18(24(29)30)13-20(21)26-25(28)31/h4-7,12-13,16,19H,8-11,14-15H2,1-3H3,(H,26,31)(H,29,30). The molecule has 1 aromatic heterocycles. The zero-order valence-corrected chi connectivity index (χ0v) is 19.3. The number of aromatic carboxylic acids is 1. The Labute approximate surface area is 192 Å². The number of methoxy groups -OCH3 is 1. The van der Waals surface area contributed by atoms with E-state index in [0.717, 1.165) is 49.5 Å². The Morgan fingerprint density at radius 3 is 2.58 bits per heavy atom. The van der Waals surface area contributed by atoms with Crippen LogP contribution in [0.5, 0.6) is 11.5 Å². The number of nitrogens with one attached hydrogen (secondary N) is 1. The number of aromatic amines is 1. The number of hydrogen-bond acceptors (Lipinski definition) is 5. The van der Waals surface area contributed by atoms with Crippen LogP contribution in [-0.4, -0.2) is 52.3 Å². The van der Waals surface area contributed by atoms with Gasteiger partial charge in [0, 0.05) is 25.7 Å². The van der Waals surface area contributed by atoms with Crippen molar-refractivity contribution in [3.05, 3.63) is 58.0 Å². The van der Waals surface area contributed by atoms with Crippen LogP contribution in [0.1, 0.15) is 48.7 Å². The molecule has 1 aliphatic heterocycles. The molecule has 0 spiro atoms. The zero-order valence-electron chi connectivity index (χ0n) is 19.3. The minimum atomic E-state index is -1.00. The van der Waals surface area contributed by atoms with Gasteiger partial charge in [0.25, 0.3) is 0 Å². The Bertz CT molecular complexity index is 1190. The highest BCUT2D eigenvalue weighted by molar-refractivity contribution is 5.92. The van der Waals surface area contributed by atoms with Crippen LogP contribution in [0.25, 0.3) is 11.0 Å². The first-order valence-electron chi connectivity index (χ1n) is 11.4. The van der Waals surface area contributed by atoms with E-state index in [1.807, 2.05) is 6.07 Å². The molecule has 0 unspecified atom stereocenters. The van der Waals surface area contributed by atoms with Gasteiger partial charge < -0.3 is 19.6 Å². The Hall–Kier alpha value is -3.26. The summed E-state index contributed by atoms with van der Waals surface area (Å²) in [5, 5.41) is 9.20. The number of aromatic nitrogens is 2. The maximum Gasteiger partial charge on any atom is 0.335 e. The third-order valence-corrected chi connectivity index (χ3v) is 6.09. The van der Waals surface area contributed by atoms with Crippen molar-refractivity contribution >= 4 is 17.0 Å². The van der Waals surface area contributed by atoms with Crippen LogP contribution in [0, 0.1) is 5.92 Å². The quantitative estimate of drug-likeness (QED) is 0.537.